The second-order valence-electron chi connectivity index (χ2n) is 6.52. The van der Waals surface area contributed by atoms with E-state index in [1.165, 1.54) is 0 Å². The average Bonchev–Trinajstić information content (AvgIpc) is 3.37. The first kappa shape index (κ1) is 17.1. The fourth-order valence-corrected chi connectivity index (χ4v) is 3.39. The third-order valence-electron chi connectivity index (χ3n) is 4.55. The molecule has 0 aromatic rings. The van der Waals surface area contributed by atoms with Gasteiger partial charge in [0.25, 0.3) is 11.9 Å². The Morgan fingerprint density at radius 3 is 1.62 bits per heavy atom. The van der Waals surface area contributed by atoms with Crippen LogP contribution >= 0.6 is 0 Å². The van der Waals surface area contributed by atoms with E-state index in [4.69, 9.17) is 37.9 Å². The van der Waals surface area contributed by atoms with Crippen molar-refractivity contribution in [3.63, 3.8) is 0 Å². The molecule has 8 heteroatoms. The van der Waals surface area contributed by atoms with E-state index in [-0.39, 0.29) is 12.2 Å². The van der Waals surface area contributed by atoms with Crippen molar-refractivity contribution in [3.05, 3.63) is 0 Å². The lowest BCUT2D eigenvalue weighted by Crippen LogP contribution is -2.31. The van der Waals surface area contributed by atoms with Crippen LogP contribution in [-0.4, -0.2) is 77.0 Å². The fourth-order valence-electron chi connectivity index (χ4n) is 3.39. The molecule has 4 heterocycles. The predicted octanol–water partition coefficient (Wildman–Crippen LogP) is 0.779. The second kappa shape index (κ2) is 7.51. The molecule has 0 aliphatic carbocycles. The monoisotopic (exact) mass is 346 g/mol. The molecule has 0 N–H and O–H groups in total. The Labute approximate surface area is 141 Å². The minimum absolute atomic E-state index is 0.0750. The molecule has 0 aromatic heterocycles. The van der Waals surface area contributed by atoms with Crippen LogP contribution in [0.25, 0.3) is 0 Å². The van der Waals surface area contributed by atoms with E-state index in [9.17, 15) is 0 Å². The summed E-state index contributed by atoms with van der Waals surface area (Å²) >= 11 is 0. The Balaban J connectivity index is 1.04. The maximum atomic E-state index is 5.79. The summed E-state index contributed by atoms with van der Waals surface area (Å²) in [7, 11) is 0. The normalized spacial score (nSPS) is 42.0. The summed E-state index contributed by atoms with van der Waals surface area (Å²) in [5, 5.41) is 0. The molecule has 4 rings (SSSR count). The standard InChI is InChI=1S/C16H26O8/c1-3-15(19-5-1)21-11-13(23-15)9-17-7-8-18-10-14-12-22-16(24-14)4-2-6-20-16/h13-14H,1-12H2. The minimum atomic E-state index is -0.803. The zero-order chi connectivity index (χ0) is 16.3. The lowest BCUT2D eigenvalue weighted by Gasteiger charge is -2.21. The van der Waals surface area contributed by atoms with Gasteiger partial charge < -0.3 is 37.9 Å². The predicted molar refractivity (Wildman–Crippen MR) is 79.1 cm³/mol. The van der Waals surface area contributed by atoms with Gasteiger partial charge in [-0.05, 0) is 12.8 Å². The van der Waals surface area contributed by atoms with Crippen molar-refractivity contribution >= 4 is 0 Å². The lowest BCUT2D eigenvalue weighted by atomic mass is 10.3. The molecule has 0 amide bonds. The summed E-state index contributed by atoms with van der Waals surface area (Å²) < 4.78 is 45.0. The zero-order valence-corrected chi connectivity index (χ0v) is 13.9. The molecule has 4 saturated heterocycles. The van der Waals surface area contributed by atoms with E-state index in [1.54, 1.807) is 0 Å². The summed E-state index contributed by atoms with van der Waals surface area (Å²) in [5.41, 5.74) is 0. The van der Waals surface area contributed by atoms with Crippen molar-refractivity contribution in [2.45, 2.75) is 49.8 Å². The molecule has 4 atom stereocenters. The highest BCUT2D eigenvalue weighted by Crippen LogP contribution is 2.35. The molecular formula is C16H26O8. The summed E-state index contributed by atoms with van der Waals surface area (Å²) in [6.45, 7) is 4.38. The molecule has 24 heavy (non-hydrogen) atoms. The van der Waals surface area contributed by atoms with Crippen LogP contribution in [0.1, 0.15) is 25.7 Å². The van der Waals surface area contributed by atoms with Crippen LogP contribution < -0.4 is 0 Å². The van der Waals surface area contributed by atoms with Gasteiger partial charge in [0.15, 0.2) is 0 Å². The first-order chi connectivity index (χ1) is 11.8. The van der Waals surface area contributed by atoms with Crippen molar-refractivity contribution < 1.29 is 37.9 Å². The van der Waals surface area contributed by atoms with Gasteiger partial charge >= 0.3 is 0 Å². The van der Waals surface area contributed by atoms with Gasteiger partial charge in [-0.2, -0.15) is 0 Å². The molecule has 4 aliphatic heterocycles. The Hall–Kier alpha value is -0.320. The van der Waals surface area contributed by atoms with Gasteiger partial charge in [-0.3, -0.25) is 0 Å². The highest BCUT2D eigenvalue weighted by Gasteiger charge is 2.46. The van der Waals surface area contributed by atoms with Crippen molar-refractivity contribution in [2.24, 2.45) is 0 Å². The molecule has 0 radical (unpaired) electrons. The Morgan fingerprint density at radius 1 is 0.708 bits per heavy atom. The van der Waals surface area contributed by atoms with Crippen LogP contribution in [0.3, 0.4) is 0 Å². The van der Waals surface area contributed by atoms with Gasteiger partial charge in [0.05, 0.1) is 52.9 Å². The van der Waals surface area contributed by atoms with Crippen molar-refractivity contribution in [1.29, 1.82) is 0 Å². The van der Waals surface area contributed by atoms with Gasteiger partial charge in [0, 0.05) is 12.8 Å². The van der Waals surface area contributed by atoms with Crippen LogP contribution in [-0.2, 0) is 37.9 Å². The number of hydrogen-bond acceptors (Lipinski definition) is 8. The molecule has 4 unspecified atom stereocenters. The van der Waals surface area contributed by atoms with E-state index in [2.05, 4.69) is 0 Å². The van der Waals surface area contributed by atoms with Gasteiger partial charge in [-0.1, -0.05) is 0 Å². The quantitative estimate of drug-likeness (QED) is 0.626. The summed E-state index contributed by atoms with van der Waals surface area (Å²) in [5.74, 6) is -1.61. The Morgan fingerprint density at radius 2 is 1.21 bits per heavy atom. The van der Waals surface area contributed by atoms with Crippen LogP contribution in [0.4, 0.5) is 0 Å². The topological polar surface area (TPSA) is 73.8 Å². The molecule has 0 bridgehead atoms. The van der Waals surface area contributed by atoms with Crippen molar-refractivity contribution in [1.82, 2.24) is 0 Å². The maximum absolute atomic E-state index is 5.79. The highest BCUT2D eigenvalue weighted by atomic mass is 16.9. The molecule has 138 valence electrons. The molecule has 0 saturated carbocycles. The molecule has 4 fully saturated rings. The smallest absolute Gasteiger partial charge is 0.283 e. The molecule has 8 nitrogen and oxygen atoms in total. The van der Waals surface area contributed by atoms with Gasteiger partial charge in [-0.15, -0.1) is 0 Å². The van der Waals surface area contributed by atoms with Gasteiger partial charge in [0.1, 0.15) is 12.2 Å². The molecular weight excluding hydrogens is 320 g/mol. The van der Waals surface area contributed by atoms with Crippen LogP contribution in [0.5, 0.6) is 0 Å². The third kappa shape index (κ3) is 3.91. The van der Waals surface area contributed by atoms with Crippen LogP contribution in [0.15, 0.2) is 0 Å². The number of hydrogen-bond donors (Lipinski definition) is 0. The third-order valence-corrected chi connectivity index (χ3v) is 4.55. The second-order valence-corrected chi connectivity index (χ2v) is 6.52. The first-order valence-electron chi connectivity index (χ1n) is 8.85. The number of rotatable bonds is 7. The fraction of sp³-hybridized carbons (Fsp3) is 1.00. The largest absolute Gasteiger partial charge is 0.376 e. The Bertz CT molecular complexity index is 367. The average molecular weight is 346 g/mol. The summed E-state index contributed by atoms with van der Waals surface area (Å²) in [6, 6.07) is 0. The van der Waals surface area contributed by atoms with Crippen LogP contribution in [0, 0.1) is 0 Å². The van der Waals surface area contributed by atoms with E-state index in [0.717, 1.165) is 25.7 Å². The maximum Gasteiger partial charge on any atom is 0.283 e. The summed E-state index contributed by atoms with van der Waals surface area (Å²) in [4.78, 5) is 0. The van der Waals surface area contributed by atoms with E-state index >= 15 is 0 Å². The van der Waals surface area contributed by atoms with E-state index in [1.807, 2.05) is 0 Å². The first-order valence-corrected chi connectivity index (χ1v) is 8.85. The van der Waals surface area contributed by atoms with Crippen LogP contribution in [0.2, 0.25) is 0 Å². The SMILES string of the molecule is C1COC2(C1)OCC(COCCOCC1COC3(CCCO3)O1)O2. The minimum Gasteiger partial charge on any atom is -0.376 e. The van der Waals surface area contributed by atoms with Crippen molar-refractivity contribution in [2.75, 3.05) is 52.9 Å². The van der Waals surface area contributed by atoms with E-state index < -0.39 is 11.9 Å². The van der Waals surface area contributed by atoms with Gasteiger partial charge in [0.2, 0.25) is 0 Å². The lowest BCUT2D eigenvalue weighted by molar-refractivity contribution is -0.316. The van der Waals surface area contributed by atoms with Crippen molar-refractivity contribution in [3.8, 4) is 0 Å². The summed E-state index contributed by atoms with van der Waals surface area (Å²) in [6.07, 6.45) is 3.38. The zero-order valence-electron chi connectivity index (χ0n) is 13.9. The van der Waals surface area contributed by atoms with E-state index in [0.29, 0.717) is 52.9 Å². The Kier molecular flexibility index (Phi) is 5.35. The number of ether oxygens (including phenoxy) is 8. The van der Waals surface area contributed by atoms with Gasteiger partial charge in [-0.25, -0.2) is 0 Å². The highest BCUT2D eigenvalue weighted by molar-refractivity contribution is 4.76. The molecule has 0 aromatic carbocycles. The molecule has 4 aliphatic rings. The molecule has 2 spiro atoms.